The number of aromatic nitrogens is 2. The van der Waals surface area contributed by atoms with Crippen molar-refractivity contribution in [1.29, 1.82) is 0 Å². The lowest BCUT2D eigenvalue weighted by Crippen LogP contribution is -2.35. The molecule has 2 N–H and O–H groups in total. The van der Waals surface area contributed by atoms with Crippen LogP contribution in [0.3, 0.4) is 0 Å². The van der Waals surface area contributed by atoms with Crippen LogP contribution in [-0.2, 0) is 9.59 Å². The Morgan fingerprint density at radius 1 is 1.06 bits per heavy atom. The van der Waals surface area contributed by atoms with Crippen LogP contribution in [0.15, 0.2) is 71.3 Å². The molecule has 4 rings (SSSR count). The molecule has 2 amide bonds. The first-order valence-corrected chi connectivity index (χ1v) is 11.6. The van der Waals surface area contributed by atoms with Gasteiger partial charge in [-0.3, -0.25) is 9.59 Å². The molecule has 32 heavy (non-hydrogen) atoms. The first-order chi connectivity index (χ1) is 15.5. The van der Waals surface area contributed by atoms with Crippen LogP contribution in [-0.4, -0.2) is 34.1 Å². The quantitative estimate of drug-likeness (QED) is 0.305. The number of anilines is 1. The zero-order valence-electron chi connectivity index (χ0n) is 16.9. The van der Waals surface area contributed by atoms with Gasteiger partial charge in [-0.2, -0.15) is 0 Å². The van der Waals surface area contributed by atoms with E-state index in [1.165, 1.54) is 41.6 Å². The summed E-state index contributed by atoms with van der Waals surface area (Å²) in [5, 5.41) is 3.47. The van der Waals surface area contributed by atoms with Crippen molar-refractivity contribution in [3.63, 3.8) is 0 Å². The third-order valence-corrected chi connectivity index (χ3v) is 6.63. The Balaban J connectivity index is 1.59. The van der Waals surface area contributed by atoms with E-state index >= 15 is 0 Å². The van der Waals surface area contributed by atoms with E-state index < -0.39 is 5.91 Å². The Hall–Kier alpha value is -3.30. The lowest BCUT2D eigenvalue weighted by Gasteiger charge is -2.22. The number of para-hydroxylation sites is 1. The number of fused-ring (bicyclic) bond motifs is 1. The van der Waals surface area contributed by atoms with Crippen molar-refractivity contribution < 1.29 is 14.0 Å². The molecule has 0 radical (unpaired) electrons. The molecule has 2 heterocycles. The monoisotopic (exact) mass is 466 g/mol. The summed E-state index contributed by atoms with van der Waals surface area (Å²) in [4.78, 5) is 35.4. The highest BCUT2D eigenvalue weighted by Crippen LogP contribution is 2.38. The molecular formula is C23H19FN4O2S2. The van der Waals surface area contributed by atoms with Crippen LogP contribution in [0.1, 0.15) is 6.42 Å². The van der Waals surface area contributed by atoms with Crippen molar-refractivity contribution in [3.8, 4) is 11.1 Å². The van der Waals surface area contributed by atoms with Gasteiger partial charge in [-0.15, -0.1) is 11.3 Å². The zero-order valence-corrected chi connectivity index (χ0v) is 18.5. The SMILES string of the molecule is NC(=O)CCN(C(=O)CSc1ncnc2scc(-c3ccc(F)cc3)c12)c1ccccc1. The highest BCUT2D eigenvalue weighted by Gasteiger charge is 2.19. The van der Waals surface area contributed by atoms with Crippen LogP contribution >= 0.6 is 23.1 Å². The van der Waals surface area contributed by atoms with Gasteiger partial charge in [-0.25, -0.2) is 14.4 Å². The molecule has 0 aliphatic carbocycles. The van der Waals surface area contributed by atoms with Crippen molar-refractivity contribution in [2.75, 3.05) is 17.2 Å². The fourth-order valence-electron chi connectivity index (χ4n) is 3.23. The number of benzene rings is 2. The molecule has 0 aliphatic heterocycles. The number of amides is 2. The second kappa shape index (κ2) is 9.88. The van der Waals surface area contributed by atoms with Crippen LogP contribution in [0.5, 0.6) is 0 Å². The molecule has 0 unspecified atom stereocenters. The van der Waals surface area contributed by atoms with Crippen LogP contribution in [0.25, 0.3) is 21.3 Å². The summed E-state index contributed by atoms with van der Waals surface area (Å²) in [5.41, 5.74) is 7.75. The maximum Gasteiger partial charge on any atom is 0.237 e. The summed E-state index contributed by atoms with van der Waals surface area (Å²) in [6, 6.07) is 15.4. The maximum atomic E-state index is 13.4. The van der Waals surface area contributed by atoms with Crippen LogP contribution in [0.2, 0.25) is 0 Å². The smallest absolute Gasteiger partial charge is 0.237 e. The van der Waals surface area contributed by atoms with Gasteiger partial charge in [0.25, 0.3) is 0 Å². The maximum absolute atomic E-state index is 13.4. The second-order valence-corrected chi connectivity index (χ2v) is 8.72. The van der Waals surface area contributed by atoms with Gasteiger partial charge >= 0.3 is 0 Å². The number of primary amides is 1. The summed E-state index contributed by atoms with van der Waals surface area (Å²) >= 11 is 2.78. The minimum atomic E-state index is -0.467. The normalized spacial score (nSPS) is 10.9. The third kappa shape index (κ3) is 4.95. The molecule has 0 spiro atoms. The van der Waals surface area contributed by atoms with Gasteiger partial charge in [0, 0.05) is 29.6 Å². The molecule has 2 aromatic carbocycles. The van der Waals surface area contributed by atoms with Gasteiger partial charge in [0.15, 0.2) is 0 Å². The van der Waals surface area contributed by atoms with Crippen molar-refractivity contribution in [1.82, 2.24) is 9.97 Å². The Morgan fingerprint density at radius 2 is 1.81 bits per heavy atom. The summed E-state index contributed by atoms with van der Waals surface area (Å²) in [7, 11) is 0. The summed E-state index contributed by atoms with van der Waals surface area (Å²) in [6.45, 7) is 0.206. The Morgan fingerprint density at radius 3 is 2.53 bits per heavy atom. The molecular weight excluding hydrogens is 447 g/mol. The van der Waals surface area contributed by atoms with Crippen LogP contribution in [0.4, 0.5) is 10.1 Å². The molecule has 0 bridgehead atoms. The van der Waals surface area contributed by atoms with Crippen LogP contribution in [0, 0.1) is 5.82 Å². The molecule has 0 fully saturated rings. The lowest BCUT2D eigenvalue weighted by atomic mass is 10.1. The van der Waals surface area contributed by atoms with E-state index in [0.717, 1.165) is 21.3 Å². The molecule has 2 aromatic heterocycles. The Kier molecular flexibility index (Phi) is 6.77. The predicted octanol–water partition coefficient (Wildman–Crippen LogP) is 4.50. The van der Waals surface area contributed by atoms with Gasteiger partial charge in [0.1, 0.15) is 22.0 Å². The van der Waals surface area contributed by atoms with Crippen molar-refractivity contribution >= 4 is 50.8 Å². The number of carbonyl (C=O) groups excluding carboxylic acids is 2. The number of hydrogen-bond donors (Lipinski definition) is 1. The van der Waals surface area contributed by atoms with E-state index in [2.05, 4.69) is 9.97 Å². The van der Waals surface area contributed by atoms with Crippen molar-refractivity contribution in [2.45, 2.75) is 11.4 Å². The van der Waals surface area contributed by atoms with Crippen LogP contribution < -0.4 is 10.6 Å². The standard InChI is InChI=1S/C23H19FN4O2S2/c24-16-8-6-15(7-9-16)18-12-31-22-21(18)23(27-14-26-22)32-13-20(30)28(11-10-19(25)29)17-4-2-1-3-5-17/h1-9,12,14H,10-11,13H2,(H2,25,29). The molecule has 6 nitrogen and oxygen atoms in total. The Bertz CT molecular complexity index is 1250. The van der Waals surface area contributed by atoms with Crippen molar-refractivity contribution in [3.05, 3.63) is 72.1 Å². The highest BCUT2D eigenvalue weighted by atomic mass is 32.2. The number of thioether (sulfide) groups is 1. The molecule has 0 atom stereocenters. The van der Waals surface area contributed by atoms with E-state index in [9.17, 15) is 14.0 Å². The number of hydrogen-bond acceptors (Lipinski definition) is 6. The number of thiophene rings is 1. The average Bonchev–Trinajstić information content (AvgIpc) is 3.24. The second-order valence-electron chi connectivity index (χ2n) is 6.90. The molecule has 162 valence electrons. The molecule has 0 aliphatic rings. The summed E-state index contributed by atoms with van der Waals surface area (Å²) in [6.07, 6.45) is 1.55. The molecule has 0 saturated carbocycles. The Labute approximate surface area is 192 Å². The van der Waals surface area contributed by atoms with Gasteiger partial charge in [-0.1, -0.05) is 42.1 Å². The summed E-state index contributed by atoms with van der Waals surface area (Å²) in [5.74, 6) is -0.807. The third-order valence-electron chi connectivity index (χ3n) is 4.77. The minimum absolute atomic E-state index is 0.0717. The van der Waals surface area contributed by atoms with Gasteiger partial charge in [-0.05, 0) is 29.8 Å². The van der Waals surface area contributed by atoms with Gasteiger partial charge < -0.3 is 10.6 Å². The highest BCUT2D eigenvalue weighted by molar-refractivity contribution is 8.00. The number of rotatable bonds is 8. The first kappa shape index (κ1) is 21.9. The number of carbonyl (C=O) groups is 2. The van der Waals surface area contributed by atoms with Gasteiger partial charge in [0.2, 0.25) is 11.8 Å². The summed E-state index contributed by atoms with van der Waals surface area (Å²) < 4.78 is 13.4. The van der Waals surface area contributed by atoms with E-state index in [4.69, 9.17) is 5.73 Å². The fourth-order valence-corrected chi connectivity index (χ4v) is 5.10. The van der Waals surface area contributed by atoms with E-state index in [1.807, 2.05) is 35.7 Å². The zero-order chi connectivity index (χ0) is 22.5. The number of nitrogens with two attached hydrogens (primary N) is 1. The van der Waals surface area contributed by atoms with Crippen molar-refractivity contribution in [2.24, 2.45) is 5.73 Å². The molecule has 9 heteroatoms. The average molecular weight is 467 g/mol. The van der Waals surface area contributed by atoms with Gasteiger partial charge in [0.05, 0.1) is 11.1 Å². The molecule has 4 aromatic rings. The number of nitrogens with zero attached hydrogens (tertiary/aromatic N) is 3. The topological polar surface area (TPSA) is 89.2 Å². The largest absolute Gasteiger partial charge is 0.370 e. The predicted molar refractivity (Wildman–Crippen MR) is 126 cm³/mol. The lowest BCUT2D eigenvalue weighted by molar-refractivity contribution is -0.118. The van der Waals surface area contributed by atoms with E-state index in [1.54, 1.807) is 17.0 Å². The van der Waals surface area contributed by atoms with E-state index in [-0.39, 0.29) is 30.4 Å². The fraction of sp³-hybridized carbons (Fsp3) is 0.130. The van der Waals surface area contributed by atoms with E-state index in [0.29, 0.717) is 10.7 Å². The minimum Gasteiger partial charge on any atom is -0.370 e. The first-order valence-electron chi connectivity index (χ1n) is 9.77. The number of halogens is 1. The molecule has 0 saturated heterocycles.